The molecule has 0 spiro atoms. The summed E-state index contributed by atoms with van der Waals surface area (Å²) in [6.45, 7) is 0.337. The summed E-state index contributed by atoms with van der Waals surface area (Å²) in [5.74, 6) is -0.766. The number of carbonyl (C=O) groups is 2. The Kier molecular flexibility index (Phi) is 5.21. The third kappa shape index (κ3) is 4.27. The lowest BCUT2D eigenvalue weighted by Crippen LogP contribution is -2.24. The molecule has 1 aliphatic heterocycles. The summed E-state index contributed by atoms with van der Waals surface area (Å²) < 4.78 is 36.7. The molecule has 0 bridgehead atoms. The first-order valence-electron chi connectivity index (χ1n) is 9.21. The first kappa shape index (κ1) is 20.6. The molecule has 2 aromatic carbocycles. The molecule has 2 heterocycles. The molecule has 0 saturated heterocycles. The maximum absolute atomic E-state index is 13.8. The second-order valence-corrected chi connectivity index (χ2v) is 8.47. The van der Waals surface area contributed by atoms with Crippen molar-refractivity contribution in [1.82, 2.24) is 15.6 Å². The predicted molar refractivity (Wildman–Crippen MR) is 113 cm³/mol. The Morgan fingerprint density at radius 1 is 1.19 bits per heavy atom. The van der Waals surface area contributed by atoms with E-state index in [9.17, 15) is 22.4 Å². The van der Waals surface area contributed by atoms with Crippen molar-refractivity contribution < 1.29 is 22.4 Å². The fourth-order valence-electron chi connectivity index (χ4n) is 3.41. The molecule has 3 amide bonds. The molecule has 0 saturated carbocycles. The first-order valence-corrected chi connectivity index (χ1v) is 10.8. The van der Waals surface area contributed by atoms with Gasteiger partial charge in [0.15, 0.2) is 0 Å². The Morgan fingerprint density at radius 3 is 2.77 bits per heavy atom. The molecule has 11 heteroatoms. The highest BCUT2D eigenvalue weighted by molar-refractivity contribution is 7.89. The quantitative estimate of drug-likeness (QED) is 0.422. The SMILES string of the molecule is NS(=O)(=O)c1cccc(NC(=O)NC=C2CCNC(=O)c3[nH]c4ccc(F)cc4c32)c1. The van der Waals surface area contributed by atoms with Crippen LogP contribution in [0.2, 0.25) is 0 Å². The van der Waals surface area contributed by atoms with Crippen LogP contribution in [-0.4, -0.2) is 31.9 Å². The van der Waals surface area contributed by atoms with Gasteiger partial charge >= 0.3 is 6.03 Å². The van der Waals surface area contributed by atoms with Crippen LogP contribution in [0.4, 0.5) is 14.9 Å². The van der Waals surface area contributed by atoms with Gasteiger partial charge in [-0.15, -0.1) is 0 Å². The zero-order valence-electron chi connectivity index (χ0n) is 16.0. The highest BCUT2D eigenvalue weighted by Gasteiger charge is 2.24. The smallest absolute Gasteiger partial charge is 0.323 e. The summed E-state index contributed by atoms with van der Waals surface area (Å²) in [6, 6.07) is 9.04. The van der Waals surface area contributed by atoms with E-state index >= 15 is 0 Å². The highest BCUT2D eigenvalue weighted by atomic mass is 32.2. The number of anilines is 1. The van der Waals surface area contributed by atoms with Gasteiger partial charge in [0.1, 0.15) is 11.5 Å². The summed E-state index contributed by atoms with van der Waals surface area (Å²) >= 11 is 0. The number of nitrogens with two attached hydrogens (primary N) is 1. The fourth-order valence-corrected chi connectivity index (χ4v) is 3.97. The van der Waals surface area contributed by atoms with Crippen LogP contribution < -0.4 is 21.1 Å². The van der Waals surface area contributed by atoms with E-state index < -0.39 is 21.9 Å². The molecule has 0 unspecified atom stereocenters. The molecule has 9 nitrogen and oxygen atoms in total. The van der Waals surface area contributed by atoms with E-state index in [0.717, 1.165) is 0 Å². The van der Waals surface area contributed by atoms with E-state index in [0.29, 0.717) is 35.0 Å². The van der Waals surface area contributed by atoms with Gasteiger partial charge in [0.25, 0.3) is 5.91 Å². The Bertz CT molecular complexity index is 1350. The lowest BCUT2D eigenvalue weighted by atomic mass is 10.0. The predicted octanol–water partition coefficient (Wildman–Crippen LogP) is 2.25. The molecule has 3 aromatic rings. The third-order valence-corrected chi connectivity index (χ3v) is 5.70. The first-order chi connectivity index (χ1) is 14.7. The van der Waals surface area contributed by atoms with Crippen LogP contribution in [0.1, 0.15) is 22.5 Å². The van der Waals surface area contributed by atoms with Crippen LogP contribution in [0.25, 0.3) is 16.5 Å². The second-order valence-electron chi connectivity index (χ2n) is 6.91. The molecule has 6 N–H and O–H groups in total. The number of hydrogen-bond acceptors (Lipinski definition) is 4. The molecule has 31 heavy (non-hydrogen) atoms. The van der Waals surface area contributed by atoms with Crippen molar-refractivity contribution in [1.29, 1.82) is 0 Å². The van der Waals surface area contributed by atoms with E-state index in [1.807, 2.05) is 0 Å². The zero-order chi connectivity index (χ0) is 22.2. The topological polar surface area (TPSA) is 146 Å². The number of hydrogen-bond donors (Lipinski definition) is 5. The van der Waals surface area contributed by atoms with Crippen LogP contribution >= 0.6 is 0 Å². The minimum atomic E-state index is -3.91. The Hall–Kier alpha value is -3.70. The third-order valence-electron chi connectivity index (χ3n) is 4.79. The summed E-state index contributed by atoms with van der Waals surface area (Å²) in [6.07, 6.45) is 1.85. The molecular weight excluding hydrogens is 425 g/mol. The number of sulfonamides is 1. The molecule has 0 radical (unpaired) electrons. The minimum Gasteiger partial charge on any atom is -0.350 e. The standard InChI is InChI=1S/C20H18FN5O4S/c21-12-4-5-16-15(8-12)17-11(6-7-23-19(27)18(17)26-16)10-24-20(28)25-13-2-1-3-14(9-13)31(22,29)30/h1-5,8-10,26H,6-7H2,(H,23,27)(H2,22,29,30)(H2,24,25,28). The lowest BCUT2D eigenvalue weighted by Gasteiger charge is -2.09. The van der Waals surface area contributed by atoms with Crippen molar-refractivity contribution in [2.24, 2.45) is 5.14 Å². The molecular formula is C20H18FN5O4S. The van der Waals surface area contributed by atoms with E-state index in [1.165, 1.54) is 42.6 Å². The fraction of sp³-hybridized carbons (Fsp3) is 0.100. The number of primary sulfonamides is 1. The van der Waals surface area contributed by atoms with Crippen molar-refractivity contribution in [3.8, 4) is 0 Å². The average Bonchev–Trinajstić information content (AvgIpc) is 3.00. The van der Waals surface area contributed by atoms with Gasteiger partial charge < -0.3 is 20.9 Å². The number of rotatable bonds is 3. The van der Waals surface area contributed by atoms with Crippen molar-refractivity contribution in [3.05, 3.63) is 65.7 Å². The van der Waals surface area contributed by atoms with E-state index in [4.69, 9.17) is 5.14 Å². The lowest BCUT2D eigenvalue weighted by molar-refractivity contribution is 0.0952. The van der Waals surface area contributed by atoms with Crippen molar-refractivity contribution in [2.45, 2.75) is 11.3 Å². The van der Waals surface area contributed by atoms with Crippen LogP contribution in [0.3, 0.4) is 0 Å². The van der Waals surface area contributed by atoms with Crippen molar-refractivity contribution in [2.75, 3.05) is 11.9 Å². The van der Waals surface area contributed by atoms with E-state index in [-0.39, 0.29) is 22.2 Å². The summed E-state index contributed by atoms with van der Waals surface area (Å²) in [7, 11) is -3.91. The number of fused-ring (bicyclic) bond motifs is 3. The van der Waals surface area contributed by atoms with Gasteiger partial charge in [0, 0.05) is 34.9 Å². The molecule has 0 atom stereocenters. The maximum atomic E-state index is 13.8. The Morgan fingerprint density at radius 2 is 2.00 bits per heavy atom. The monoisotopic (exact) mass is 443 g/mol. The number of aromatic amines is 1. The van der Waals surface area contributed by atoms with Crippen molar-refractivity contribution >= 4 is 44.1 Å². The summed E-state index contributed by atoms with van der Waals surface area (Å²) in [4.78, 5) is 27.6. The van der Waals surface area contributed by atoms with Gasteiger partial charge in [-0.05, 0) is 48.4 Å². The van der Waals surface area contributed by atoms with Gasteiger partial charge in [-0.2, -0.15) is 0 Å². The largest absolute Gasteiger partial charge is 0.350 e. The highest BCUT2D eigenvalue weighted by Crippen LogP contribution is 2.32. The summed E-state index contributed by atoms with van der Waals surface area (Å²) in [5, 5.41) is 13.5. The molecule has 160 valence electrons. The number of nitrogens with one attached hydrogen (secondary N) is 4. The number of carbonyl (C=O) groups excluding carboxylic acids is 2. The van der Waals surface area contributed by atoms with E-state index in [1.54, 1.807) is 6.07 Å². The number of amides is 3. The molecule has 0 fully saturated rings. The number of aromatic nitrogens is 1. The number of urea groups is 1. The van der Waals surface area contributed by atoms with Crippen LogP contribution in [-0.2, 0) is 10.0 Å². The van der Waals surface area contributed by atoms with Gasteiger partial charge in [0.05, 0.1) is 4.90 Å². The Labute approximate surface area is 176 Å². The number of halogens is 1. The van der Waals surface area contributed by atoms with Crippen LogP contribution in [0, 0.1) is 5.82 Å². The van der Waals surface area contributed by atoms with Crippen molar-refractivity contribution in [3.63, 3.8) is 0 Å². The Balaban J connectivity index is 1.62. The number of benzene rings is 2. The van der Waals surface area contributed by atoms with E-state index in [2.05, 4.69) is 20.9 Å². The van der Waals surface area contributed by atoms with Crippen LogP contribution in [0.15, 0.2) is 53.6 Å². The van der Waals surface area contributed by atoms with Gasteiger partial charge in [-0.3, -0.25) is 4.79 Å². The summed E-state index contributed by atoms with van der Waals surface area (Å²) in [5.41, 5.74) is 2.25. The molecule has 1 aliphatic rings. The van der Waals surface area contributed by atoms with Crippen LogP contribution in [0.5, 0.6) is 0 Å². The molecule has 4 rings (SSSR count). The van der Waals surface area contributed by atoms with Gasteiger partial charge in [0.2, 0.25) is 10.0 Å². The van der Waals surface area contributed by atoms with Gasteiger partial charge in [-0.1, -0.05) is 6.07 Å². The molecule has 1 aromatic heterocycles. The minimum absolute atomic E-state index is 0.137. The zero-order valence-corrected chi connectivity index (χ0v) is 16.8. The number of H-pyrrole nitrogens is 1. The maximum Gasteiger partial charge on any atom is 0.323 e. The second kappa shape index (κ2) is 7.85. The molecule has 0 aliphatic carbocycles. The normalized spacial score (nSPS) is 15.3. The average molecular weight is 443 g/mol. The van der Waals surface area contributed by atoms with Gasteiger partial charge in [-0.25, -0.2) is 22.7 Å².